The average molecular weight is 370 g/mol. The Hall–Kier alpha value is -0.520. The predicted molar refractivity (Wildman–Crippen MR) is 90.1 cm³/mol. The molecule has 1 aliphatic carbocycles. The summed E-state index contributed by atoms with van der Waals surface area (Å²) >= 11 is 3.57. The molecule has 1 unspecified atom stereocenters. The van der Waals surface area contributed by atoms with E-state index in [2.05, 4.69) is 26.4 Å². The van der Waals surface area contributed by atoms with Gasteiger partial charge in [-0.25, -0.2) is 4.21 Å². The minimum Gasteiger partial charge on any atom is -0.370 e. The summed E-state index contributed by atoms with van der Waals surface area (Å²) in [5.74, 6) is 0. The van der Waals surface area contributed by atoms with Crippen LogP contribution in [0.2, 0.25) is 0 Å². The fourth-order valence-electron chi connectivity index (χ4n) is 2.51. The first kappa shape index (κ1) is 15.4. The van der Waals surface area contributed by atoms with Gasteiger partial charge in [-0.15, -0.1) is 0 Å². The first-order chi connectivity index (χ1) is 9.79. The number of hydrogen-bond acceptors (Lipinski definition) is 2. The second-order valence-electron chi connectivity index (χ2n) is 6.88. The lowest BCUT2D eigenvalue weighted by atomic mass is 9.94. The molecule has 1 aromatic carbocycles. The average Bonchev–Trinajstić information content (AvgIpc) is 3.12. The van der Waals surface area contributed by atoms with Gasteiger partial charge in [-0.2, -0.15) is 4.40 Å². The van der Waals surface area contributed by atoms with Crippen molar-refractivity contribution in [1.29, 1.82) is 0 Å². The summed E-state index contributed by atoms with van der Waals surface area (Å²) in [7, 11) is -1.23. The van der Waals surface area contributed by atoms with Gasteiger partial charge in [-0.3, -0.25) is 0 Å². The maximum Gasteiger partial charge on any atom is 0.144 e. The van der Waals surface area contributed by atoms with Gasteiger partial charge in [0.25, 0.3) is 0 Å². The Balaban J connectivity index is 1.91. The zero-order valence-electron chi connectivity index (χ0n) is 12.6. The van der Waals surface area contributed by atoms with E-state index < -0.39 is 11.0 Å². The van der Waals surface area contributed by atoms with E-state index >= 15 is 0 Å². The Morgan fingerprint density at radius 3 is 2.71 bits per heavy atom. The van der Waals surface area contributed by atoms with Crippen LogP contribution in [0.4, 0.5) is 0 Å². The van der Waals surface area contributed by atoms with Gasteiger partial charge in [0.15, 0.2) is 0 Å². The summed E-state index contributed by atoms with van der Waals surface area (Å²) in [6, 6.07) is 4.20. The van der Waals surface area contributed by atoms with Crippen LogP contribution >= 0.6 is 15.9 Å². The third-order valence-electron chi connectivity index (χ3n) is 4.00. The molecule has 3 rings (SSSR count). The van der Waals surface area contributed by atoms with E-state index in [1.807, 2.05) is 26.8 Å². The number of halogens is 1. The lowest BCUT2D eigenvalue weighted by molar-refractivity contribution is 0.00809. The third kappa shape index (κ3) is 3.30. The number of hydrogen-bond donors (Lipinski definition) is 0. The van der Waals surface area contributed by atoms with E-state index in [0.717, 1.165) is 29.3 Å². The van der Waals surface area contributed by atoms with Gasteiger partial charge in [-0.1, -0.05) is 15.9 Å². The Morgan fingerprint density at radius 2 is 2.10 bits per heavy atom. The fraction of sp³-hybridized carbons (Fsp3) is 0.562. The van der Waals surface area contributed by atoms with Crippen LogP contribution < -0.4 is 0 Å². The van der Waals surface area contributed by atoms with Crippen LogP contribution in [0, 0.1) is 0 Å². The Morgan fingerprint density at radius 1 is 1.38 bits per heavy atom. The summed E-state index contributed by atoms with van der Waals surface area (Å²) in [6.07, 6.45) is 5.04. The molecule has 1 heterocycles. The summed E-state index contributed by atoms with van der Waals surface area (Å²) in [4.78, 5) is 0. The molecule has 0 saturated heterocycles. The molecular formula is C16H20BrNO2S. The first-order valence-corrected chi connectivity index (χ1v) is 9.10. The summed E-state index contributed by atoms with van der Waals surface area (Å²) < 4.78 is 23.0. The van der Waals surface area contributed by atoms with Crippen molar-refractivity contribution >= 4 is 33.1 Å². The Labute approximate surface area is 136 Å². The van der Waals surface area contributed by atoms with Crippen LogP contribution in [-0.4, -0.2) is 20.8 Å². The molecule has 21 heavy (non-hydrogen) atoms. The third-order valence-corrected chi connectivity index (χ3v) is 5.80. The lowest BCUT2D eigenvalue weighted by Crippen LogP contribution is -2.25. The quantitative estimate of drug-likeness (QED) is 0.740. The molecule has 1 fully saturated rings. The van der Waals surface area contributed by atoms with Gasteiger partial charge >= 0.3 is 0 Å². The minimum atomic E-state index is -1.23. The topological polar surface area (TPSA) is 38.7 Å². The highest BCUT2D eigenvalue weighted by Gasteiger charge is 2.46. The van der Waals surface area contributed by atoms with Crippen LogP contribution in [0.3, 0.4) is 0 Å². The van der Waals surface area contributed by atoms with Gasteiger partial charge in [-0.05, 0) is 56.9 Å². The molecule has 1 aromatic rings. The van der Waals surface area contributed by atoms with Crippen LogP contribution in [0.25, 0.3) is 0 Å². The summed E-state index contributed by atoms with van der Waals surface area (Å²) in [6.45, 7) is 6.41. The van der Waals surface area contributed by atoms with Crippen molar-refractivity contribution < 1.29 is 8.95 Å². The zero-order valence-corrected chi connectivity index (χ0v) is 15.0. The number of benzene rings is 1. The maximum atomic E-state index is 12.1. The van der Waals surface area contributed by atoms with Crippen molar-refractivity contribution in [1.82, 2.24) is 0 Å². The molecule has 5 heteroatoms. The van der Waals surface area contributed by atoms with Crippen molar-refractivity contribution in [2.24, 2.45) is 4.40 Å². The van der Waals surface area contributed by atoms with Crippen molar-refractivity contribution in [3.05, 3.63) is 33.3 Å². The van der Waals surface area contributed by atoms with Gasteiger partial charge in [0, 0.05) is 22.7 Å². The van der Waals surface area contributed by atoms with E-state index in [1.165, 1.54) is 11.1 Å². The second-order valence-corrected chi connectivity index (χ2v) is 9.73. The van der Waals surface area contributed by atoms with E-state index in [0.29, 0.717) is 6.61 Å². The van der Waals surface area contributed by atoms with Gasteiger partial charge < -0.3 is 4.74 Å². The predicted octanol–water partition coefficient (Wildman–Crippen LogP) is 3.94. The second kappa shape index (κ2) is 5.28. The van der Waals surface area contributed by atoms with Crippen LogP contribution in [0.1, 0.15) is 50.3 Å². The van der Waals surface area contributed by atoms with Gasteiger partial charge in [0.1, 0.15) is 11.0 Å². The Bertz CT molecular complexity index is 630. The lowest BCUT2D eigenvalue weighted by Gasteiger charge is -2.26. The molecule has 1 aliphatic heterocycles. The van der Waals surface area contributed by atoms with Crippen LogP contribution in [0.15, 0.2) is 21.0 Å². The fourth-order valence-corrected chi connectivity index (χ4v) is 3.56. The number of fused-ring (bicyclic) bond motifs is 1. The van der Waals surface area contributed by atoms with Crippen molar-refractivity contribution in [3.63, 3.8) is 0 Å². The SMILES string of the molecule is CC(C)(C)S(=O)/N=C/c1cc(Br)cc2c1COC1(CC1)C2. The molecule has 2 aliphatic rings. The van der Waals surface area contributed by atoms with Crippen LogP contribution in [-0.2, 0) is 28.8 Å². The van der Waals surface area contributed by atoms with Crippen molar-refractivity contribution in [2.75, 3.05) is 0 Å². The van der Waals surface area contributed by atoms with Gasteiger partial charge in [0.2, 0.25) is 0 Å². The summed E-state index contributed by atoms with van der Waals surface area (Å²) in [5.41, 5.74) is 3.63. The van der Waals surface area contributed by atoms with Gasteiger partial charge in [0.05, 0.1) is 17.0 Å². The monoisotopic (exact) mass is 369 g/mol. The molecule has 0 N–H and O–H groups in total. The number of ether oxygens (including phenoxy) is 1. The Kier molecular flexibility index (Phi) is 3.87. The standard InChI is InChI=1S/C16H20BrNO2S/c1-15(2,3)21(19)18-9-12-7-13(17)6-11-8-16(4-5-16)20-10-14(11)12/h6-7,9H,4-5,8,10H2,1-3H3/b18-9+. The number of rotatable bonds is 2. The molecule has 0 aromatic heterocycles. The van der Waals surface area contributed by atoms with Crippen LogP contribution in [0.5, 0.6) is 0 Å². The normalized spacial score (nSPS) is 21.5. The molecule has 114 valence electrons. The zero-order chi connectivity index (χ0) is 15.3. The highest BCUT2D eigenvalue weighted by atomic mass is 79.9. The maximum absolute atomic E-state index is 12.1. The molecule has 1 atom stereocenters. The molecule has 3 nitrogen and oxygen atoms in total. The molecule has 0 amide bonds. The molecule has 1 spiro atoms. The van der Waals surface area contributed by atoms with E-state index in [-0.39, 0.29) is 10.3 Å². The van der Waals surface area contributed by atoms with E-state index in [4.69, 9.17) is 4.74 Å². The van der Waals surface area contributed by atoms with E-state index in [9.17, 15) is 4.21 Å². The van der Waals surface area contributed by atoms with Crippen molar-refractivity contribution in [2.45, 2.75) is 57.0 Å². The highest BCUT2D eigenvalue weighted by Crippen LogP contribution is 2.47. The number of nitrogens with zero attached hydrogens (tertiary/aromatic N) is 1. The molecular weight excluding hydrogens is 350 g/mol. The smallest absolute Gasteiger partial charge is 0.144 e. The first-order valence-electron chi connectivity index (χ1n) is 7.20. The van der Waals surface area contributed by atoms with E-state index in [1.54, 1.807) is 6.21 Å². The minimum absolute atomic E-state index is 0.108. The highest BCUT2D eigenvalue weighted by molar-refractivity contribution is 9.10. The van der Waals surface area contributed by atoms with Crippen molar-refractivity contribution in [3.8, 4) is 0 Å². The summed E-state index contributed by atoms with van der Waals surface area (Å²) in [5, 5.41) is 0. The molecule has 0 bridgehead atoms. The molecule has 1 saturated carbocycles. The molecule has 0 radical (unpaired) electrons. The largest absolute Gasteiger partial charge is 0.370 e.